The van der Waals surface area contributed by atoms with Gasteiger partial charge in [-0.2, -0.15) is 10.2 Å². The molecule has 0 bridgehead atoms. The van der Waals surface area contributed by atoms with Crippen molar-refractivity contribution in [2.75, 3.05) is 6.54 Å². The molecular weight excluding hydrogens is 842 g/mol. The average molecular weight is 892 g/mol. The number of carbonyl (C=O) groups is 3. The first-order chi connectivity index (χ1) is 29.9. The number of amides is 2. The van der Waals surface area contributed by atoms with Gasteiger partial charge in [-0.15, -0.1) is 17.9 Å². The molecular formula is C48H50FN5O7S2. The fraction of sp³-hybridized carbons (Fsp3) is 0.417. The van der Waals surface area contributed by atoms with Crippen LogP contribution in [0, 0.1) is 39.8 Å². The number of thiophene rings is 1. The summed E-state index contributed by atoms with van der Waals surface area (Å²) in [5.74, 6) is -1.66. The van der Waals surface area contributed by atoms with Crippen molar-refractivity contribution >= 4 is 59.3 Å². The van der Waals surface area contributed by atoms with Gasteiger partial charge in [0.25, 0.3) is 0 Å². The van der Waals surface area contributed by atoms with Crippen molar-refractivity contribution < 1.29 is 36.7 Å². The summed E-state index contributed by atoms with van der Waals surface area (Å²) in [6.45, 7) is 13.6. The number of likely N-dealkylation sites (tertiary alicyclic amines) is 1. The Bertz CT molecular complexity index is 2770. The molecule has 12 nitrogen and oxygen atoms in total. The summed E-state index contributed by atoms with van der Waals surface area (Å²) < 4.78 is 56.7. The lowest BCUT2D eigenvalue weighted by Crippen LogP contribution is -2.48. The van der Waals surface area contributed by atoms with Gasteiger partial charge >= 0.3 is 0 Å². The number of fused-ring (bicyclic) bond motifs is 3. The molecule has 63 heavy (non-hydrogen) atoms. The maximum Gasteiger partial charge on any atom is 0.240 e. The van der Waals surface area contributed by atoms with Crippen LogP contribution in [0.1, 0.15) is 77.8 Å². The summed E-state index contributed by atoms with van der Waals surface area (Å²) in [6, 6.07) is 20.0. The first-order valence-corrected chi connectivity index (χ1v) is 23.6. The summed E-state index contributed by atoms with van der Waals surface area (Å²) in [6.07, 6.45) is 2.08. The third kappa shape index (κ3) is 9.06. The molecule has 3 heterocycles. The van der Waals surface area contributed by atoms with Crippen LogP contribution in [0.3, 0.4) is 0 Å². The molecule has 1 aliphatic heterocycles. The van der Waals surface area contributed by atoms with E-state index >= 15 is 4.79 Å². The number of nitrogens with zero attached hydrogens (tertiary/aromatic N) is 4. The lowest BCUT2D eigenvalue weighted by atomic mass is 9.76. The van der Waals surface area contributed by atoms with E-state index in [0.717, 1.165) is 10.3 Å². The van der Waals surface area contributed by atoms with Crippen LogP contribution in [0.5, 0.6) is 11.6 Å². The third-order valence-corrected chi connectivity index (χ3v) is 15.3. The second kappa shape index (κ2) is 16.8. The number of nitrogens with one attached hydrogen (secondary N) is 1. The standard InChI is InChI=1S/C48H50FN5O7S2/c1-7-31-23-48(31,46(57)53-63(58,59)35-17-18-35)24-39(55)38-22-34(26-54(38)45(56)37(47(4,5)6)20-28-8-10-29(25-50)11-9-28)61-44-42-41(36-21-32(49)14-19-40(36)62-42)51-43(52-44)30-12-15-33(16-13-30)60-27(2)3/h7-16,19,21,27,31,34-35,37-38H,1,17-18,20,22-24,26H2,2-6H3,(H,53,57)/t31-,34-,37-,38+,48-/m1/s1. The number of halogens is 1. The van der Waals surface area contributed by atoms with Gasteiger partial charge in [0.15, 0.2) is 11.6 Å². The summed E-state index contributed by atoms with van der Waals surface area (Å²) in [5.41, 5.74) is 0.591. The molecule has 15 heteroatoms. The van der Waals surface area contributed by atoms with E-state index in [2.05, 4.69) is 17.4 Å². The highest BCUT2D eigenvalue weighted by molar-refractivity contribution is 7.90. The molecule has 5 aromatic rings. The van der Waals surface area contributed by atoms with E-state index in [1.54, 1.807) is 29.2 Å². The average Bonchev–Trinajstić information content (AvgIpc) is 4.15. The SMILES string of the molecule is C=C[C@@H]1C[C@]1(CC(=O)[C@@H]1C[C@@H](Oc2nc(-c3ccc(OC(C)C)cc3)nc3c2sc2ccc(F)cc23)CN1C(=O)[C@@H](Cc1ccc(C#N)cc1)C(C)(C)C)C(=O)NS(=O)(=O)C1CC1. The van der Waals surface area contributed by atoms with E-state index in [4.69, 9.17) is 19.4 Å². The van der Waals surface area contributed by atoms with Crippen molar-refractivity contribution in [3.63, 3.8) is 0 Å². The molecule has 2 aliphatic carbocycles. The number of allylic oxidation sites excluding steroid dienone is 1. The number of ketones is 1. The van der Waals surface area contributed by atoms with Gasteiger partial charge in [0.2, 0.25) is 27.7 Å². The molecule has 2 amide bonds. The van der Waals surface area contributed by atoms with E-state index in [0.29, 0.717) is 57.6 Å². The number of Topliss-reactive ketones (excluding diaryl/α,β-unsaturated/α-hetero) is 1. The van der Waals surface area contributed by atoms with Gasteiger partial charge in [-0.05, 0) is 111 Å². The lowest BCUT2D eigenvalue weighted by molar-refractivity contribution is -0.144. The van der Waals surface area contributed by atoms with Gasteiger partial charge in [0.1, 0.15) is 22.4 Å². The molecule has 8 rings (SSSR count). The molecule has 3 fully saturated rings. The molecule has 2 saturated carbocycles. The van der Waals surface area contributed by atoms with Crippen molar-refractivity contribution in [3.05, 3.63) is 96.3 Å². The monoisotopic (exact) mass is 891 g/mol. The number of aromatic nitrogens is 2. The van der Waals surface area contributed by atoms with Gasteiger partial charge in [0, 0.05) is 34.4 Å². The maximum atomic E-state index is 15.1. The fourth-order valence-electron chi connectivity index (χ4n) is 8.57. The highest BCUT2D eigenvalue weighted by Gasteiger charge is 2.61. The van der Waals surface area contributed by atoms with Gasteiger partial charge < -0.3 is 14.4 Å². The van der Waals surface area contributed by atoms with E-state index in [1.807, 2.05) is 71.0 Å². The van der Waals surface area contributed by atoms with Gasteiger partial charge in [-0.25, -0.2) is 17.8 Å². The van der Waals surface area contributed by atoms with Crippen molar-refractivity contribution in [2.45, 2.75) is 96.6 Å². The first-order valence-electron chi connectivity index (χ1n) is 21.2. The Balaban J connectivity index is 1.15. The molecule has 328 valence electrons. The second-order valence-corrected chi connectivity index (χ2v) is 21.4. The van der Waals surface area contributed by atoms with Crippen molar-refractivity contribution in [2.24, 2.45) is 22.7 Å². The van der Waals surface area contributed by atoms with E-state index in [-0.39, 0.29) is 43.7 Å². The Morgan fingerprint density at radius 1 is 1.08 bits per heavy atom. The van der Waals surface area contributed by atoms with Crippen molar-refractivity contribution in [1.29, 1.82) is 5.26 Å². The molecule has 2 aromatic heterocycles. The van der Waals surface area contributed by atoms with Crippen LogP contribution in [0.25, 0.3) is 31.7 Å². The minimum absolute atomic E-state index is 0.0108. The molecule has 5 atom stereocenters. The van der Waals surface area contributed by atoms with Crippen molar-refractivity contribution in [1.82, 2.24) is 19.6 Å². The Kier molecular flexibility index (Phi) is 11.7. The minimum Gasteiger partial charge on any atom is -0.491 e. The molecule has 3 aromatic carbocycles. The summed E-state index contributed by atoms with van der Waals surface area (Å²) >= 11 is 1.35. The molecule has 0 spiro atoms. The minimum atomic E-state index is -3.89. The van der Waals surface area contributed by atoms with Crippen LogP contribution in [-0.2, 0) is 30.8 Å². The first kappa shape index (κ1) is 43.9. The van der Waals surface area contributed by atoms with Gasteiger partial charge in [0.05, 0.1) is 46.5 Å². The maximum absolute atomic E-state index is 15.1. The zero-order valence-corrected chi connectivity index (χ0v) is 37.5. The van der Waals surface area contributed by atoms with E-state index in [9.17, 15) is 27.7 Å². The zero-order chi connectivity index (χ0) is 45.0. The largest absolute Gasteiger partial charge is 0.491 e. The molecule has 3 aliphatic rings. The quantitative estimate of drug-likeness (QED) is 0.101. The number of rotatable bonds is 15. The predicted molar refractivity (Wildman–Crippen MR) is 239 cm³/mol. The summed E-state index contributed by atoms with van der Waals surface area (Å²) in [5, 5.41) is 9.35. The predicted octanol–water partition coefficient (Wildman–Crippen LogP) is 8.32. The second-order valence-electron chi connectivity index (χ2n) is 18.4. The number of hydrogen-bond donors (Lipinski definition) is 1. The number of ether oxygens (including phenoxy) is 2. The number of benzene rings is 3. The molecule has 1 saturated heterocycles. The van der Waals surface area contributed by atoms with Crippen LogP contribution < -0.4 is 14.2 Å². The smallest absolute Gasteiger partial charge is 0.240 e. The van der Waals surface area contributed by atoms with Gasteiger partial charge in [-0.3, -0.25) is 19.1 Å². The van der Waals surface area contributed by atoms with Crippen LogP contribution in [-0.4, -0.2) is 70.9 Å². The third-order valence-electron chi connectivity index (χ3n) is 12.3. The lowest BCUT2D eigenvalue weighted by Gasteiger charge is -2.35. The van der Waals surface area contributed by atoms with Crippen LogP contribution in [0.2, 0.25) is 0 Å². The van der Waals surface area contributed by atoms with Crippen LogP contribution in [0.4, 0.5) is 4.39 Å². The Morgan fingerprint density at radius 3 is 2.41 bits per heavy atom. The van der Waals surface area contributed by atoms with E-state index in [1.165, 1.54) is 23.5 Å². The highest BCUT2D eigenvalue weighted by atomic mass is 32.2. The zero-order valence-electron chi connectivity index (χ0n) is 35.9. The number of nitriles is 1. The van der Waals surface area contributed by atoms with Gasteiger partial charge in [-0.1, -0.05) is 39.0 Å². The molecule has 0 radical (unpaired) electrons. The normalized spacial score (nSPS) is 21.6. The number of sulfonamides is 1. The summed E-state index contributed by atoms with van der Waals surface area (Å²) in [7, 11) is -3.89. The Labute approximate surface area is 370 Å². The summed E-state index contributed by atoms with van der Waals surface area (Å²) in [4.78, 5) is 55.0. The molecule has 1 N–H and O–H groups in total. The Hall–Kier alpha value is -5.72. The highest BCUT2D eigenvalue weighted by Crippen LogP contribution is 2.57. The number of hydrogen-bond acceptors (Lipinski definition) is 11. The van der Waals surface area contributed by atoms with Crippen LogP contribution >= 0.6 is 11.3 Å². The Morgan fingerprint density at radius 2 is 1.79 bits per heavy atom. The fourth-order valence-corrected chi connectivity index (χ4v) is 11.0. The topological polar surface area (TPSA) is 169 Å². The van der Waals surface area contributed by atoms with E-state index < -0.39 is 67.6 Å². The van der Waals surface area contributed by atoms with Crippen molar-refractivity contribution in [3.8, 4) is 29.1 Å². The molecule has 0 unspecified atom stereocenters. The van der Waals surface area contributed by atoms with Crippen LogP contribution in [0.15, 0.2) is 79.4 Å². The number of carbonyl (C=O) groups excluding carboxylic acids is 3.